The third-order valence-corrected chi connectivity index (χ3v) is 1.98. The van der Waals surface area contributed by atoms with E-state index in [1.807, 2.05) is 0 Å². The van der Waals surface area contributed by atoms with Crippen molar-refractivity contribution in [1.82, 2.24) is 0 Å². The van der Waals surface area contributed by atoms with Crippen LogP contribution in [0.2, 0.25) is 0 Å². The molecule has 72 valence electrons. The van der Waals surface area contributed by atoms with E-state index >= 15 is 0 Å². The minimum Gasteiger partial charge on any atom is -0.176 e. The van der Waals surface area contributed by atoms with Crippen LogP contribution in [0.4, 0.5) is 13.2 Å². The molecule has 4 heteroatoms. The van der Waals surface area contributed by atoms with Crippen molar-refractivity contribution in [1.29, 1.82) is 0 Å². The fourth-order valence-electron chi connectivity index (χ4n) is 1.28. The van der Waals surface area contributed by atoms with Gasteiger partial charge in [-0.3, -0.25) is 0 Å². The average molecular weight is 202 g/mol. The van der Waals surface area contributed by atoms with E-state index in [1.165, 1.54) is 0 Å². The minimum absolute atomic E-state index is 0. The monoisotopic (exact) mass is 202 g/mol. The Kier molecular flexibility index (Phi) is 3.49. The van der Waals surface area contributed by atoms with Gasteiger partial charge in [0.15, 0.2) is 0 Å². The van der Waals surface area contributed by atoms with Crippen LogP contribution in [0.3, 0.4) is 0 Å². The Morgan fingerprint density at radius 2 is 1.73 bits per heavy atom. The van der Waals surface area contributed by atoms with E-state index < -0.39 is 11.7 Å². The maximum absolute atomic E-state index is 12.3. The molecule has 0 aliphatic heterocycles. The number of hydrogen-bond acceptors (Lipinski definition) is 0. The summed E-state index contributed by atoms with van der Waals surface area (Å²) in [5.74, 6) is 0. The first-order valence-electron chi connectivity index (χ1n) is 4.05. The maximum atomic E-state index is 12.3. The van der Waals surface area contributed by atoms with Crippen LogP contribution >= 0.6 is 0 Å². The molecule has 0 saturated heterocycles. The predicted octanol–water partition coefficient (Wildman–Crippen LogP) is 0.663. The van der Waals surface area contributed by atoms with Crippen molar-refractivity contribution in [3.05, 3.63) is 48.0 Å². The predicted molar refractivity (Wildman–Crippen MR) is 47.8 cm³/mol. The molecule has 0 nitrogen and oxygen atoms in total. The smallest absolute Gasteiger partial charge is 0.176 e. The molecule has 2 rings (SSSR count). The van der Waals surface area contributed by atoms with E-state index in [2.05, 4.69) is 6.07 Å². The molecule has 0 atom stereocenters. The zero-order chi connectivity index (χ0) is 10.2. The van der Waals surface area contributed by atoms with Gasteiger partial charge in [0, 0.05) is 0 Å². The Morgan fingerprint density at radius 3 is 2.40 bits per heavy atom. The minimum atomic E-state index is -4.29. The van der Waals surface area contributed by atoms with Crippen molar-refractivity contribution in [2.24, 2.45) is 0 Å². The van der Waals surface area contributed by atoms with Crippen molar-refractivity contribution in [2.75, 3.05) is 0 Å². The van der Waals surface area contributed by atoms with Gasteiger partial charge in [-0.15, -0.1) is 41.1 Å². The molecule has 0 aromatic heterocycles. The van der Waals surface area contributed by atoms with Crippen LogP contribution in [0.15, 0.2) is 36.4 Å². The second-order valence-corrected chi connectivity index (χ2v) is 2.97. The molecule has 0 amide bonds. The largest absolute Gasteiger partial charge is 1.00 e. The molecule has 0 aliphatic carbocycles. The van der Waals surface area contributed by atoms with Gasteiger partial charge in [0.2, 0.25) is 0 Å². The van der Waals surface area contributed by atoms with Crippen molar-refractivity contribution in [3.8, 4) is 0 Å². The standard InChI is InChI=1S/C11H6F3.Li/c12-11(13,14)10-6-5-8-3-1-2-4-9(8)7-10;/h1-4,6-7H;/q-1;+1. The van der Waals surface area contributed by atoms with Crippen LogP contribution in [0.1, 0.15) is 5.56 Å². The Labute approximate surface area is 97.3 Å². The van der Waals surface area contributed by atoms with Gasteiger partial charge < -0.3 is 0 Å². The van der Waals surface area contributed by atoms with E-state index in [-0.39, 0.29) is 18.9 Å². The summed E-state index contributed by atoms with van der Waals surface area (Å²) in [6.45, 7) is 0. The number of benzene rings is 2. The molecule has 0 bridgehead atoms. The van der Waals surface area contributed by atoms with E-state index in [0.717, 1.165) is 12.1 Å². The molecule has 15 heavy (non-hydrogen) atoms. The summed E-state index contributed by atoms with van der Waals surface area (Å²) in [4.78, 5) is 0. The van der Waals surface area contributed by atoms with Crippen LogP contribution < -0.4 is 18.9 Å². The molecule has 0 unspecified atom stereocenters. The average Bonchev–Trinajstić information content (AvgIpc) is 2.16. The summed E-state index contributed by atoms with van der Waals surface area (Å²) in [7, 11) is 0. The van der Waals surface area contributed by atoms with Gasteiger partial charge in [-0.05, 0) is 5.56 Å². The first-order chi connectivity index (χ1) is 6.57. The summed E-state index contributed by atoms with van der Waals surface area (Å²) in [6, 6.07) is 11.6. The topological polar surface area (TPSA) is 0 Å². The molecule has 2 aromatic rings. The molecule has 0 aliphatic rings. The SMILES string of the molecule is FC(F)(F)c1c[c-]c2ccccc2c1.[Li+]. The fraction of sp³-hybridized carbons (Fsp3) is 0.0909. The van der Waals surface area contributed by atoms with E-state index in [1.54, 1.807) is 24.3 Å². The van der Waals surface area contributed by atoms with E-state index in [9.17, 15) is 13.2 Å². The number of rotatable bonds is 0. The van der Waals surface area contributed by atoms with Gasteiger partial charge in [0.1, 0.15) is 0 Å². The molecule has 2 aromatic carbocycles. The molecule has 0 radical (unpaired) electrons. The molecule has 0 saturated carbocycles. The van der Waals surface area contributed by atoms with Crippen LogP contribution in [0.5, 0.6) is 0 Å². The molecule has 0 spiro atoms. The third kappa shape index (κ3) is 2.56. The fourth-order valence-corrected chi connectivity index (χ4v) is 1.28. The Balaban J connectivity index is 0.00000112. The summed E-state index contributed by atoms with van der Waals surface area (Å²) in [5, 5.41) is 1.25. The number of fused-ring (bicyclic) bond motifs is 1. The second kappa shape index (κ2) is 4.30. The molecule has 0 heterocycles. The first-order valence-corrected chi connectivity index (χ1v) is 4.05. The van der Waals surface area contributed by atoms with Gasteiger partial charge in [-0.1, -0.05) is 12.1 Å². The zero-order valence-corrected chi connectivity index (χ0v) is 8.10. The Hall–Kier alpha value is -0.913. The summed E-state index contributed by atoms with van der Waals surface area (Å²) in [6.07, 6.45) is -4.29. The van der Waals surface area contributed by atoms with E-state index in [0.29, 0.717) is 10.8 Å². The summed E-state index contributed by atoms with van der Waals surface area (Å²) >= 11 is 0. The van der Waals surface area contributed by atoms with Gasteiger partial charge in [-0.25, -0.2) is 0 Å². The van der Waals surface area contributed by atoms with Gasteiger partial charge in [0.25, 0.3) is 0 Å². The quantitative estimate of drug-likeness (QED) is 0.435. The number of hydrogen-bond donors (Lipinski definition) is 0. The number of halogens is 3. The van der Waals surface area contributed by atoms with Crippen LogP contribution in [0, 0.1) is 6.07 Å². The van der Waals surface area contributed by atoms with Crippen LogP contribution in [-0.4, -0.2) is 0 Å². The first kappa shape index (κ1) is 12.2. The maximum Gasteiger partial charge on any atom is 1.00 e. The zero-order valence-electron chi connectivity index (χ0n) is 8.10. The second-order valence-electron chi connectivity index (χ2n) is 2.97. The molecule has 0 fully saturated rings. The van der Waals surface area contributed by atoms with Crippen LogP contribution in [0.25, 0.3) is 10.8 Å². The van der Waals surface area contributed by atoms with E-state index in [4.69, 9.17) is 0 Å². The summed E-state index contributed by atoms with van der Waals surface area (Å²) in [5.41, 5.74) is -0.656. The van der Waals surface area contributed by atoms with Gasteiger partial charge in [0.05, 0.1) is 0 Å². The number of alkyl halides is 3. The third-order valence-electron chi connectivity index (χ3n) is 1.98. The van der Waals surface area contributed by atoms with Crippen molar-refractivity contribution < 1.29 is 32.0 Å². The normalized spacial score (nSPS) is 11.1. The molecular weight excluding hydrogens is 196 g/mol. The van der Waals surface area contributed by atoms with Crippen molar-refractivity contribution in [2.45, 2.75) is 6.18 Å². The van der Waals surface area contributed by atoms with Crippen molar-refractivity contribution >= 4 is 10.8 Å². The van der Waals surface area contributed by atoms with Crippen molar-refractivity contribution in [3.63, 3.8) is 0 Å². The van der Waals surface area contributed by atoms with Gasteiger partial charge >= 0.3 is 25.0 Å². The summed E-state index contributed by atoms with van der Waals surface area (Å²) < 4.78 is 36.9. The Bertz CT molecular complexity index is 463. The van der Waals surface area contributed by atoms with Gasteiger partial charge in [-0.2, -0.15) is 13.2 Å². The molecular formula is C11H6F3Li. The molecule has 0 N–H and O–H groups in total. The van der Waals surface area contributed by atoms with Crippen LogP contribution in [-0.2, 0) is 6.18 Å². The Morgan fingerprint density at radius 1 is 1.07 bits per heavy atom.